The number of hydrogen-bond donors (Lipinski definition) is 0. The first-order valence-corrected chi connectivity index (χ1v) is 9.97. The van der Waals surface area contributed by atoms with Gasteiger partial charge in [-0.2, -0.15) is 0 Å². The summed E-state index contributed by atoms with van der Waals surface area (Å²) in [7, 11) is 0. The summed E-state index contributed by atoms with van der Waals surface area (Å²) in [6.45, 7) is 7.44. The van der Waals surface area contributed by atoms with Crippen molar-refractivity contribution in [2.24, 2.45) is 0 Å². The van der Waals surface area contributed by atoms with Crippen molar-refractivity contribution in [1.29, 1.82) is 0 Å². The summed E-state index contributed by atoms with van der Waals surface area (Å²) in [6.07, 6.45) is 10.1. The summed E-state index contributed by atoms with van der Waals surface area (Å²) in [4.78, 5) is 11.5. The van der Waals surface area contributed by atoms with Gasteiger partial charge < -0.3 is 13.7 Å². The Kier molecular flexibility index (Phi) is 4.16. The highest BCUT2D eigenvalue weighted by atomic mass is 19.1. The summed E-state index contributed by atoms with van der Waals surface area (Å²) in [5.41, 5.74) is 5.07. The third-order valence-electron chi connectivity index (χ3n) is 5.88. The SMILES string of the molecule is CCN1CCC(c2cn3cc(-c4ccc5nc(C)cn5c4)cc(F)c3n2)CC1. The van der Waals surface area contributed by atoms with Crippen molar-refractivity contribution < 1.29 is 4.39 Å². The second-order valence-corrected chi connectivity index (χ2v) is 7.75. The summed E-state index contributed by atoms with van der Waals surface area (Å²) in [5.74, 6) is 0.132. The van der Waals surface area contributed by atoms with Crippen molar-refractivity contribution in [3.05, 3.63) is 60.2 Å². The van der Waals surface area contributed by atoms with E-state index in [1.165, 1.54) is 0 Å². The second kappa shape index (κ2) is 6.71. The summed E-state index contributed by atoms with van der Waals surface area (Å²) in [6, 6.07) is 5.53. The quantitative estimate of drug-likeness (QED) is 0.534. The van der Waals surface area contributed by atoms with E-state index in [-0.39, 0.29) is 5.82 Å². The van der Waals surface area contributed by atoms with E-state index >= 15 is 0 Å². The third-order valence-corrected chi connectivity index (χ3v) is 5.88. The fourth-order valence-electron chi connectivity index (χ4n) is 4.26. The summed E-state index contributed by atoms with van der Waals surface area (Å²) >= 11 is 0. The molecule has 0 unspecified atom stereocenters. The molecule has 0 saturated carbocycles. The molecule has 5 heterocycles. The van der Waals surface area contributed by atoms with Gasteiger partial charge in [-0.1, -0.05) is 6.92 Å². The monoisotopic (exact) mass is 377 g/mol. The molecule has 1 aliphatic rings. The maximum Gasteiger partial charge on any atom is 0.173 e. The predicted octanol–water partition coefficient (Wildman–Crippen LogP) is 4.30. The molecule has 0 radical (unpaired) electrons. The molecule has 0 atom stereocenters. The molecule has 0 spiro atoms. The number of imidazole rings is 2. The van der Waals surface area contributed by atoms with Crippen molar-refractivity contribution in [3.8, 4) is 11.1 Å². The number of hydrogen-bond acceptors (Lipinski definition) is 3. The van der Waals surface area contributed by atoms with Crippen LogP contribution >= 0.6 is 0 Å². The standard InChI is InChI=1S/C22H24FN5/c1-3-26-8-6-16(7-9-26)20-14-28-13-18(10-19(23)22(28)25-20)17-4-5-21-24-15(2)11-27(21)12-17/h4-5,10-14,16H,3,6-9H2,1-2H3. The van der Waals surface area contributed by atoms with Crippen molar-refractivity contribution >= 4 is 11.3 Å². The van der Waals surface area contributed by atoms with Crippen LogP contribution < -0.4 is 0 Å². The largest absolute Gasteiger partial charge is 0.306 e. The van der Waals surface area contributed by atoms with Crippen LogP contribution in [-0.4, -0.2) is 43.3 Å². The highest BCUT2D eigenvalue weighted by Gasteiger charge is 2.22. The molecule has 0 bridgehead atoms. The Morgan fingerprint density at radius 2 is 1.79 bits per heavy atom. The Bertz CT molecular complexity index is 1150. The molecule has 1 aliphatic heterocycles. The van der Waals surface area contributed by atoms with Gasteiger partial charge in [0, 0.05) is 41.8 Å². The van der Waals surface area contributed by atoms with Gasteiger partial charge in [-0.3, -0.25) is 0 Å². The van der Waals surface area contributed by atoms with Gasteiger partial charge in [-0.25, -0.2) is 14.4 Å². The van der Waals surface area contributed by atoms with E-state index in [4.69, 9.17) is 0 Å². The molecule has 5 nitrogen and oxygen atoms in total. The molecule has 28 heavy (non-hydrogen) atoms. The highest BCUT2D eigenvalue weighted by molar-refractivity contribution is 5.66. The fraction of sp³-hybridized carbons (Fsp3) is 0.364. The van der Waals surface area contributed by atoms with Gasteiger partial charge in [0.25, 0.3) is 0 Å². The van der Waals surface area contributed by atoms with Gasteiger partial charge in [0.05, 0.1) is 11.4 Å². The first-order valence-electron chi connectivity index (χ1n) is 9.97. The van der Waals surface area contributed by atoms with Crippen molar-refractivity contribution in [3.63, 3.8) is 0 Å². The molecule has 0 aliphatic carbocycles. The average molecular weight is 377 g/mol. The fourth-order valence-corrected chi connectivity index (χ4v) is 4.26. The lowest BCUT2D eigenvalue weighted by Crippen LogP contribution is -2.32. The number of pyridine rings is 2. The van der Waals surface area contributed by atoms with Gasteiger partial charge >= 0.3 is 0 Å². The number of aromatic nitrogens is 4. The molecule has 5 rings (SSSR count). The van der Waals surface area contributed by atoms with Crippen LogP contribution in [-0.2, 0) is 0 Å². The number of rotatable bonds is 3. The molecule has 0 aromatic carbocycles. The molecule has 4 aromatic heterocycles. The van der Waals surface area contributed by atoms with Crippen LogP contribution in [0.5, 0.6) is 0 Å². The van der Waals surface area contributed by atoms with Crippen LogP contribution in [0.3, 0.4) is 0 Å². The minimum atomic E-state index is -0.281. The lowest BCUT2D eigenvalue weighted by atomic mass is 9.94. The minimum Gasteiger partial charge on any atom is -0.306 e. The highest BCUT2D eigenvalue weighted by Crippen LogP contribution is 2.29. The van der Waals surface area contributed by atoms with Gasteiger partial charge in [-0.15, -0.1) is 0 Å². The molecule has 6 heteroatoms. The van der Waals surface area contributed by atoms with Crippen LogP contribution in [0.25, 0.3) is 22.4 Å². The van der Waals surface area contributed by atoms with Crippen molar-refractivity contribution in [1.82, 2.24) is 23.7 Å². The van der Waals surface area contributed by atoms with E-state index in [2.05, 4.69) is 21.8 Å². The molecular formula is C22H24FN5. The Balaban J connectivity index is 1.51. The predicted molar refractivity (Wildman–Crippen MR) is 108 cm³/mol. The molecule has 0 amide bonds. The van der Waals surface area contributed by atoms with Crippen LogP contribution in [0.1, 0.15) is 37.1 Å². The third kappa shape index (κ3) is 2.98. The average Bonchev–Trinajstić information content (AvgIpc) is 3.30. The topological polar surface area (TPSA) is 37.8 Å². The van der Waals surface area contributed by atoms with E-state index in [0.717, 1.165) is 60.6 Å². The van der Waals surface area contributed by atoms with Crippen LogP contribution in [0, 0.1) is 12.7 Å². The zero-order valence-corrected chi connectivity index (χ0v) is 16.3. The Morgan fingerprint density at radius 3 is 2.57 bits per heavy atom. The molecule has 144 valence electrons. The zero-order chi connectivity index (χ0) is 19.3. The molecule has 0 N–H and O–H groups in total. The lowest BCUT2D eigenvalue weighted by Gasteiger charge is -2.30. The maximum atomic E-state index is 14.8. The van der Waals surface area contributed by atoms with Gasteiger partial charge in [-0.05, 0) is 57.6 Å². The zero-order valence-electron chi connectivity index (χ0n) is 16.3. The second-order valence-electron chi connectivity index (χ2n) is 7.75. The molecule has 1 saturated heterocycles. The first-order chi connectivity index (χ1) is 13.6. The van der Waals surface area contributed by atoms with Crippen LogP contribution in [0.15, 0.2) is 43.0 Å². The normalized spacial score (nSPS) is 16.4. The smallest absolute Gasteiger partial charge is 0.173 e. The number of nitrogens with zero attached hydrogens (tertiary/aromatic N) is 5. The van der Waals surface area contributed by atoms with Gasteiger partial charge in [0.15, 0.2) is 11.5 Å². The summed E-state index contributed by atoms with van der Waals surface area (Å²) < 4.78 is 18.7. The van der Waals surface area contributed by atoms with Gasteiger partial charge in [0.2, 0.25) is 0 Å². The maximum absolute atomic E-state index is 14.8. The van der Waals surface area contributed by atoms with E-state index in [1.54, 1.807) is 6.07 Å². The minimum absolute atomic E-state index is 0.281. The van der Waals surface area contributed by atoms with E-state index in [0.29, 0.717) is 11.6 Å². The van der Waals surface area contributed by atoms with E-state index in [9.17, 15) is 4.39 Å². The Morgan fingerprint density at radius 1 is 1.00 bits per heavy atom. The van der Waals surface area contributed by atoms with E-state index < -0.39 is 0 Å². The Hall–Kier alpha value is -2.73. The van der Waals surface area contributed by atoms with E-state index in [1.807, 2.05) is 52.6 Å². The van der Waals surface area contributed by atoms with Gasteiger partial charge in [0.1, 0.15) is 5.65 Å². The summed E-state index contributed by atoms with van der Waals surface area (Å²) in [5, 5.41) is 0. The number of piperidine rings is 1. The number of likely N-dealkylation sites (tertiary alicyclic amines) is 1. The molecule has 1 fully saturated rings. The number of halogens is 1. The lowest BCUT2D eigenvalue weighted by molar-refractivity contribution is 0.221. The van der Waals surface area contributed by atoms with Crippen LogP contribution in [0.4, 0.5) is 4.39 Å². The molecular weight excluding hydrogens is 353 g/mol. The first kappa shape index (κ1) is 17.4. The van der Waals surface area contributed by atoms with Crippen molar-refractivity contribution in [2.45, 2.75) is 32.6 Å². The molecule has 4 aromatic rings. The number of fused-ring (bicyclic) bond motifs is 2. The Labute approximate surface area is 163 Å². The van der Waals surface area contributed by atoms with Crippen LogP contribution in [0.2, 0.25) is 0 Å². The van der Waals surface area contributed by atoms with Crippen molar-refractivity contribution in [2.75, 3.05) is 19.6 Å². The number of aryl methyl sites for hydroxylation is 1.